The SMILES string of the molecule is COc1ccccc1NC(=O)c1cc(Nc2ccc(N(C)C)cc2)ncn1. The zero-order chi connectivity index (χ0) is 19.2. The van der Waals surface area contributed by atoms with Gasteiger partial charge in [-0.05, 0) is 36.4 Å². The van der Waals surface area contributed by atoms with Crippen LogP contribution in [0.4, 0.5) is 22.9 Å². The van der Waals surface area contributed by atoms with Crippen LogP contribution in [0.5, 0.6) is 5.75 Å². The largest absolute Gasteiger partial charge is 0.495 e. The number of carbonyl (C=O) groups is 1. The molecule has 0 aliphatic rings. The summed E-state index contributed by atoms with van der Waals surface area (Å²) in [4.78, 5) is 22.8. The number of anilines is 4. The van der Waals surface area contributed by atoms with Crippen LogP contribution in [0, 0.1) is 0 Å². The summed E-state index contributed by atoms with van der Waals surface area (Å²) in [5, 5.41) is 5.98. The number of nitrogens with one attached hydrogen (secondary N) is 2. The van der Waals surface area contributed by atoms with E-state index in [2.05, 4.69) is 20.6 Å². The molecule has 0 saturated carbocycles. The normalized spacial score (nSPS) is 10.2. The van der Waals surface area contributed by atoms with Crippen LogP contribution in [-0.2, 0) is 0 Å². The molecule has 138 valence electrons. The van der Waals surface area contributed by atoms with E-state index in [1.165, 1.54) is 6.33 Å². The lowest BCUT2D eigenvalue weighted by Crippen LogP contribution is -2.15. The van der Waals surface area contributed by atoms with E-state index < -0.39 is 0 Å². The summed E-state index contributed by atoms with van der Waals surface area (Å²) in [6, 6.07) is 16.7. The zero-order valence-electron chi connectivity index (χ0n) is 15.4. The van der Waals surface area contributed by atoms with Crippen LogP contribution in [0.25, 0.3) is 0 Å². The third-order valence-corrected chi connectivity index (χ3v) is 3.91. The van der Waals surface area contributed by atoms with Gasteiger partial charge in [0.2, 0.25) is 0 Å². The van der Waals surface area contributed by atoms with E-state index in [0.29, 0.717) is 17.3 Å². The van der Waals surface area contributed by atoms with E-state index in [4.69, 9.17) is 4.74 Å². The van der Waals surface area contributed by atoms with Crippen molar-refractivity contribution in [3.8, 4) is 5.75 Å². The number of amides is 1. The second-order valence-electron chi connectivity index (χ2n) is 6.01. The highest BCUT2D eigenvalue weighted by Crippen LogP contribution is 2.24. The second kappa shape index (κ2) is 8.18. The number of nitrogens with zero attached hydrogens (tertiary/aromatic N) is 3. The molecule has 0 unspecified atom stereocenters. The van der Waals surface area contributed by atoms with Crippen LogP contribution in [0.1, 0.15) is 10.5 Å². The Morgan fingerprint density at radius 1 is 1.04 bits per heavy atom. The fraction of sp³-hybridized carbons (Fsp3) is 0.150. The molecular formula is C20H21N5O2. The lowest BCUT2D eigenvalue weighted by atomic mass is 10.2. The fourth-order valence-electron chi connectivity index (χ4n) is 2.47. The van der Waals surface area contributed by atoms with Crippen molar-refractivity contribution in [3.63, 3.8) is 0 Å². The molecule has 0 spiro atoms. The van der Waals surface area contributed by atoms with Crippen molar-refractivity contribution in [3.05, 3.63) is 66.6 Å². The standard InChI is InChI=1S/C20H21N5O2/c1-25(2)15-10-8-14(9-11-15)23-19-12-17(21-13-22-19)20(26)24-16-6-4-5-7-18(16)27-3/h4-13H,1-3H3,(H,24,26)(H,21,22,23). The number of para-hydroxylation sites is 2. The van der Waals surface area contributed by atoms with Crippen LogP contribution in [-0.4, -0.2) is 37.1 Å². The van der Waals surface area contributed by atoms with Gasteiger partial charge in [0.15, 0.2) is 0 Å². The summed E-state index contributed by atoms with van der Waals surface area (Å²) >= 11 is 0. The molecule has 0 fully saturated rings. The molecule has 7 heteroatoms. The minimum absolute atomic E-state index is 0.253. The zero-order valence-corrected chi connectivity index (χ0v) is 15.4. The number of aromatic nitrogens is 2. The summed E-state index contributed by atoms with van der Waals surface area (Å²) in [5.74, 6) is 0.778. The number of hydrogen-bond acceptors (Lipinski definition) is 6. The summed E-state index contributed by atoms with van der Waals surface area (Å²) in [6.45, 7) is 0. The third-order valence-electron chi connectivity index (χ3n) is 3.91. The topological polar surface area (TPSA) is 79.4 Å². The van der Waals surface area contributed by atoms with Gasteiger partial charge in [0.05, 0.1) is 12.8 Å². The minimum atomic E-state index is -0.340. The maximum Gasteiger partial charge on any atom is 0.274 e. The molecule has 0 aliphatic carbocycles. The molecule has 1 heterocycles. The Balaban J connectivity index is 1.73. The van der Waals surface area contributed by atoms with Crippen molar-refractivity contribution in [1.29, 1.82) is 0 Å². The first-order valence-corrected chi connectivity index (χ1v) is 8.37. The molecule has 2 N–H and O–H groups in total. The molecule has 0 atom stereocenters. The van der Waals surface area contributed by atoms with Crippen molar-refractivity contribution in [2.24, 2.45) is 0 Å². The van der Waals surface area contributed by atoms with Gasteiger partial charge in [-0.3, -0.25) is 4.79 Å². The van der Waals surface area contributed by atoms with E-state index in [1.54, 1.807) is 25.3 Å². The predicted molar refractivity (Wildman–Crippen MR) is 107 cm³/mol. The molecule has 0 aliphatic heterocycles. The average Bonchev–Trinajstić information content (AvgIpc) is 2.69. The summed E-state index contributed by atoms with van der Waals surface area (Å²) in [5.41, 5.74) is 2.80. The molecule has 0 radical (unpaired) electrons. The third kappa shape index (κ3) is 4.52. The number of hydrogen-bond donors (Lipinski definition) is 2. The number of ether oxygens (including phenoxy) is 1. The molecule has 7 nitrogen and oxygen atoms in total. The molecule has 27 heavy (non-hydrogen) atoms. The highest BCUT2D eigenvalue weighted by atomic mass is 16.5. The van der Waals surface area contributed by atoms with Crippen LogP contribution in [0.3, 0.4) is 0 Å². The Morgan fingerprint density at radius 3 is 2.48 bits per heavy atom. The van der Waals surface area contributed by atoms with E-state index in [0.717, 1.165) is 11.4 Å². The average molecular weight is 363 g/mol. The predicted octanol–water partition coefficient (Wildman–Crippen LogP) is 3.55. The summed E-state index contributed by atoms with van der Waals surface area (Å²) in [7, 11) is 5.53. The quantitative estimate of drug-likeness (QED) is 0.697. The van der Waals surface area contributed by atoms with Crippen molar-refractivity contribution in [1.82, 2.24) is 9.97 Å². The highest BCUT2D eigenvalue weighted by Gasteiger charge is 2.12. The summed E-state index contributed by atoms with van der Waals surface area (Å²) in [6.07, 6.45) is 1.35. The van der Waals surface area contributed by atoms with Crippen molar-refractivity contribution < 1.29 is 9.53 Å². The molecule has 0 saturated heterocycles. The monoisotopic (exact) mass is 363 g/mol. The van der Waals surface area contributed by atoms with Gasteiger partial charge >= 0.3 is 0 Å². The molecular weight excluding hydrogens is 342 g/mol. The number of benzene rings is 2. The number of carbonyl (C=O) groups excluding carboxylic acids is 1. The maximum atomic E-state index is 12.5. The van der Waals surface area contributed by atoms with Gasteiger partial charge in [-0.25, -0.2) is 9.97 Å². The van der Waals surface area contributed by atoms with Gasteiger partial charge in [0.25, 0.3) is 5.91 Å². The first-order chi connectivity index (χ1) is 13.1. The highest BCUT2D eigenvalue weighted by molar-refractivity contribution is 6.04. The minimum Gasteiger partial charge on any atom is -0.495 e. The molecule has 0 bridgehead atoms. The number of rotatable bonds is 6. The van der Waals surface area contributed by atoms with Crippen LogP contribution in [0.2, 0.25) is 0 Å². The second-order valence-corrected chi connectivity index (χ2v) is 6.01. The molecule has 2 aromatic carbocycles. The van der Waals surface area contributed by atoms with Gasteiger partial charge < -0.3 is 20.3 Å². The smallest absolute Gasteiger partial charge is 0.274 e. The van der Waals surface area contributed by atoms with Gasteiger partial charge in [-0.15, -0.1) is 0 Å². The van der Waals surface area contributed by atoms with E-state index >= 15 is 0 Å². The van der Waals surface area contributed by atoms with Gasteiger partial charge in [-0.2, -0.15) is 0 Å². The molecule has 3 aromatic rings. The Hall–Kier alpha value is -3.61. The fourth-order valence-corrected chi connectivity index (χ4v) is 2.47. The van der Waals surface area contributed by atoms with E-state index in [9.17, 15) is 4.79 Å². The van der Waals surface area contributed by atoms with E-state index in [1.807, 2.05) is 55.4 Å². The van der Waals surface area contributed by atoms with Gasteiger partial charge in [0.1, 0.15) is 23.6 Å². The summed E-state index contributed by atoms with van der Waals surface area (Å²) < 4.78 is 5.25. The van der Waals surface area contributed by atoms with E-state index in [-0.39, 0.29) is 11.6 Å². The van der Waals surface area contributed by atoms with Crippen molar-refractivity contribution >= 4 is 28.8 Å². The first kappa shape index (κ1) is 18.2. The Morgan fingerprint density at radius 2 is 1.78 bits per heavy atom. The Bertz CT molecular complexity index is 926. The molecule has 1 amide bonds. The van der Waals surface area contributed by atoms with Crippen LogP contribution < -0.4 is 20.3 Å². The Kier molecular flexibility index (Phi) is 5.51. The van der Waals surface area contributed by atoms with Gasteiger partial charge in [0, 0.05) is 31.5 Å². The van der Waals surface area contributed by atoms with Crippen LogP contribution >= 0.6 is 0 Å². The molecule has 3 rings (SSSR count). The van der Waals surface area contributed by atoms with Crippen molar-refractivity contribution in [2.45, 2.75) is 0 Å². The Labute approximate surface area is 158 Å². The maximum absolute atomic E-state index is 12.5. The first-order valence-electron chi connectivity index (χ1n) is 8.37. The lowest BCUT2D eigenvalue weighted by molar-refractivity contribution is 0.102. The van der Waals surface area contributed by atoms with Crippen molar-refractivity contribution in [2.75, 3.05) is 36.7 Å². The molecule has 1 aromatic heterocycles. The van der Waals surface area contributed by atoms with Gasteiger partial charge in [-0.1, -0.05) is 12.1 Å². The lowest BCUT2D eigenvalue weighted by Gasteiger charge is -2.13. The van der Waals surface area contributed by atoms with Crippen LogP contribution in [0.15, 0.2) is 60.9 Å². The number of methoxy groups -OCH3 is 1.